The van der Waals surface area contributed by atoms with Crippen LogP contribution < -0.4 is 10.6 Å². The number of nitrogens with one attached hydrogen (secondary N) is 2. The van der Waals surface area contributed by atoms with Crippen molar-refractivity contribution in [2.75, 3.05) is 13.1 Å². The maximum atomic E-state index is 13.6. The number of carbonyl (C=O) groups excluding carboxylic acids is 2. The number of halogens is 1. The molecule has 4 rings (SSSR count). The molecule has 0 aromatic rings. The van der Waals surface area contributed by atoms with Crippen LogP contribution in [0.15, 0.2) is 33.9 Å². The van der Waals surface area contributed by atoms with Gasteiger partial charge in [-0.15, -0.1) is 0 Å². The van der Waals surface area contributed by atoms with E-state index in [9.17, 15) is 14.7 Å². The summed E-state index contributed by atoms with van der Waals surface area (Å²) in [5, 5.41) is 16.6. The van der Waals surface area contributed by atoms with Gasteiger partial charge < -0.3 is 15.7 Å². The van der Waals surface area contributed by atoms with Crippen molar-refractivity contribution in [3.8, 4) is 0 Å². The van der Waals surface area contributed by atoms with Gasteiger partial charge >= 0.3 is 0 Å². The van der Waals surface area contributed by atoms with Crippen molar-refractivity contribution in [3.63, 3.8) is 0 Å². The Morgan fingerprint density at radius 1 is 1.19 bits per heavy atom. The third-order valence-electron chi connectivity index (χ3n) is 7.06. The van der Waals surface area contributed by atoms with E-state index in [1.54, 1.807) is 0 Å². The smallest absolute Gasteiger partial charge is 0.174 e. The van der Waals surface area contributed by atoms with E-state index in [2.05, 4.69) is 16.7 Å². The molecule has 0 saturated carbocycles. The molecule has 2 fully saturated rings. The molecule has 3 N–H and O–H groups in total. The highest BCUT2D eigenvalue weighted by atomic mass is 35.5. The average molecular weight is 479 g/mol. The van der Waals surface area contributed by atoms with Gasteiger partial charge in [-0.3, -0.25) is 9.59 Å². The zero-order valence-corrected chi connectivity index (χ0v) is 19.8. The Bertz CT molecular complexity index is 939. The molecule has 0 amide bonds. The summed E-state index contributed by atoms with van der Waals surface area (Å²) in [6.45, 7) is 2.98. The SMILES string of the molecule is CC1=CC2=C(CC=C1Cl)CCC(C(=O)C1C(=S)CN[C@@H]1C(=O)C1CCN[C@@H]1C(O)=S)C2. The van der Waals surface area contributed by atoms with E-state index >= 15 is 0 Å². The van der Waals surface area contributed by atoms with Crippen LogP contribution in [0.1, 0.15) is 39.0 Å². The third kappa shape index (κ3) is 4.48. The van der Waals surface area contributed by atoms with Gasteiger partial charge in [0.25, 0.3) is 0 Å². The molecule has 4 aliphatic rings. The fraction of sp³-hybridized carbons (Fsp3) is 0.565. The Morgan fingerprint density at radius 3 is 2.71 bits per heavy atom. The maximum Gasteiger partial charge on any atom is 0.174 e. The molecule has 2 aliphatic heterocycles. The molecule has 3 unspecified atom stereocenters. The number of aliphatic hydroxyl groups excluding tert-OH is 1. The summed E-state index contributed by atoms with van der Waals surface area (Å²) in [7, 11) is 0. The number of aliphatic hydroxyl groups is 1. The number of carbonyl (C=O) groups is 2. The molecule has 5 atom stereocenters. The second-order valence-electron chi connectivity index (χ2n) is 8.92. The van der Waals surface area contributed by atoms with Crippen molar-refractivity contribution in [2.45, 2.75) is 51.1 Å². The molecule has 5 nitrogen and oxygen atoms in total. The predicted octanol–water partition coefficient (Wildman–Crippen LogP) is 3.52. The molecule has 2 aliphatic carbocycles. The second kappa shape index (κ2) is 9.32. The zero-order valence-electron chi connectivity index (χ0n) is 17.4. The molecular formula is C23H27ClN2O3S2. The first-order chi connectivity index (χ1) is 14.8. The Hall–Kier alpha value is -1.25. The quantitative estimate of drug-likeness (QED) is 0.522. The molecule has 0 bridgehead atoms. The van der Waals surface area contributed by atoms with Crippen molar-refractivity contribution >= 4 is 57.5 Å². The Kier molecular flexibility index (Phi) is 6.89. The highest BCUT2D eigenvalue weighted by molar-refractivity contribution is 7.80. The molecule has 0 aromatic carbocycles. The van der Waals surface area contributed by atoms with Crippen molar-refractivity contribution in [1.82, 2.24) is 10.6 Å². The highest BCUT2D eigenvalue weighted by Crippen LogP contribution is 2.39. The zero-order chi connectivity index (χ0) is 22.3. The topological polar surface area (TPSA) is 78.4 Å². The molecule has 166 valence electrons. The molecular weight excluding hydrogens is 452 g/mol. The van der Waals surface area contributed by atoms with Crippen LogP contribution in [-0.2, 0) is 9.59 Å². The van der Waals surface area contributed by atoms with E-state index < -0.39 is 23.9 Å². The van der Waals surface area contributed by atoms with Crippen LogP contribution in [0.5, 0.6) is 0 Å². The number of allylic oxidation sites excluding steroid dienone is 6. The summed E-state index contributed by atoms with van der Waals surface area (Å²) in [6, 6.07) is -1.17. The van der Waals surface area contributed by atoms with E-state index in [1.165, 1.54) is 11.1 Å². The molecule has 0 radical (unpaired) electrons. The van der Waals surface area contributed by atoms with Crippen LogP contribution in [0, 0.1) is 17.8 Å². The van der Waals surface area contributed by atoms with Gasteiger partial charge in [0.2, 0.25) is 0 Å². The Labute approximate surface area is 198 Å². The van der Waals surface area contributed by atoms with Crippen LogP contribution in [0.25, 0.3) is 0 Å². The molecule has 8 heteroatoms. The minimum absolute atomic E-state index is 0.0586. The fourth-order valence-electron chi connectivity index (χ4n) is 5.33. The summed E-state index contributed by atoms with van der Waals surface area (Å²) < 4.78 is 0. The van der Waals surface area contributed by atoms with Gasteiger partial charge in [0, 0.05) is 28.3 Å². The number of thiocarbonyl (C=S) groups is 2. The molecule has 31 heavy (non-hydrogen) atoms. The maximum absolute atomic E-state index is 13.6. The minimum Gasteiger partial charge on any atom is -0.501 e. The highest BCUT2D eigenvalue weighted by Gasteiger charge is 2.48. The number of Topliss-reactive ketones (excluding diaryl/α,β-unsaturated/α-hetero) is 2. The van der Waals surface area contributed by atoms with Crippen LogP contribution in [0.2, 0.25) is 0 Å². The predicted molar refractivity (Wildman–Crippen MR) is 130 cm³/mol. The van der Waals surface area contributed by atoms with E-state index in [4.69, 9.17) is 36.0 Å². The van der Waals surface area contributed by atoms with E-state index in [-0.39, 0.29) is 22.5 Å². The van der Waals surface area contributed by atoms with Crippen molar-refractivity contribution in [3.05, 3.63) is 33.9 Å². The van der Waals surface area contributed by atoms with Gasteiger partial charge in [-0.2, -0.15) is 0 Å². The average Bonchev–Trinajstić information content (AvgIpc) is 3.35. The van der Waals surface area contributed by atoms with Crippen LogP contribution in [-0.4, -0.2) is 51.8 Å². The Morgan fingerprint density at radius 2 is 1.97 bits per heavy atom. The summed E-state index contributed by atoms with van der Waals surface area (Å²) in [5.41, 5.74) is 3.56. The van der Waals surface area contributed by atoms with E-state index in [0.29, 0.717) is 30.8 Å². The van der Waals surface area contributed by atoms with Crippen LogP contribution >= 0.6 is 36.0 Å². The van der Waals surface area contributed by atoms with Gasteiger partial charge in [-0.25, -0.2) is 0 Å². The largest absolute Gasteiger partial charge is 0.501 e. The van der Waals surface area contributed by atoms with Crippen LogP contribution in [0.3, 0.4) is 0 Å². The first kappa shape index (κ1) is 22.9. The number of hydrogen-bond acceptors (Lipinski definition) is 6. The summed E-state index contributed by atoms with van der Waals surface area (Å²) in [4.78, 5) is 27.5. The van der Waals surface area contributed by atoms with E-state index in [0.717, 1.165) is 29.9 Å². The van der Waals surface area contributed by atoms with Gasteiger partial charge in [0.05, 0.1) is 18.0 Å². The number of ketones is 2. The van der Waals surface area contributed by atoms with Crippen molar-refractivity contribution in [1.29, 1.82) is 0 Å². The lowest BCUT2D eigenvalue weighted by Crippen LogP contribution is -2.48. The molecule has 0 aromatic heterocycles. The van der Waals surface area contributed by atoms with Gasteiger partial charge in [0.1, 0.15) is 5.78 Å². The number of rotatable bonds is 5. The standard InChI is InChI=1S/C23H27ClN2O3S2/c1-11-8-14-9-13(3-2-12(14)4-5-16(11)24)21(27)18-17(30)10-26-20(18)22(28)15-6-7-25-19(15)23(29)31/h5,8,13,15,18-20,25-26H,2-4,6-7,9-10H2,1H3,(H,29,31)/t13?,15?,18?,19-,20-/m0/s1. The lowest BCUT2D eigenvalue weighted by molar-refractivity contribution is -0.131. The van der Waals surface area contributed by atoms with Crippen molar-refractivity contribution in [2.24, 2.45) is 17.8 Å². The monoisotopic (exact) mass is 478 g/mol. The summed E-state index contributed by atoms with van der Waals surface area (Å²) >= 11 is 16.8. The summed E-state index contributed by atoms with van der Waals surface area (Å²) in [5.74, 6) is -1.22. The van der Waals surface area contributed by atoms with Gasteiger partial charge in [-0.05, 0) is 68.9 Å². The van der Waals surface area contributed by atoms with Gasteiger partial charge in [-0.1, -0.05) is 41.5 Å². The third-order valence-corrected chi connectivity index (χ3v) is 8.16. The molecule has 2 heterocycles. The number of hydrogen-bond donors (Lipinski definition) is 3. The van der Waals surface area contributed by atoms with Gasteiger partial charge in [0.15, 0.2) is 10.8 Å². The Balaban J connectivity index is 1.52. The van der Waals surface area contributed by atoms with Crippen molar-refractivity contribution < 1.29 is 14.7 Å². The summed E-state index contributed by atoms with van der Waals surface area (Å²) in [6.07, 6.45) is 7.85. The van der Waals surface area contributed by atoms with E-state index in [1.807, 2.05) is 13.0 Å². The second-order valence-corrected chi connectivity index (χ2v) is 10.3. The lowest BCUT2D eigenvalue weighted by Gasteiger charge is -2.29. The lowest BCUT2D eigenvalue weighted by atomic mass is 9.74. The molecule has 0 spiro atoms. The van der Waals surface area contributed by atoms with Crippen LogP contribution in [0.4, 0.5) is 0 Å². The first-order valence-corrected chi connectivity index (χ1v) is 12.0. The first-order valence-electron chi connectivity index (χ1n) is 10.8. The minimum atomic E-state index is -0.639. The molecule has 2 saturated heterocycles. The normalized spacial score (nSPS) is 33.5. The fourth-order valence-corrected chi connectivity index (χ4v) is 6.04.